The molecule has 0 aliphatic rings. The highest BCUT2D eigenvalue weighted by molar-refractivity contribution is 7.92. The number of guanidine groups is 1. The molecule has 0 saturated heterocycles. The molecule has 30 heavy (non-hydrogen) atoms. The Morgan fingerprint density at radius 2 is 1.90 bits per heavy atom. The van der Waals surface area contributed by atoms with Gasteiger partial charge in [-0.3, -0.25) is 4.72 Å². The molecule has 0 saturated carbocycles. The summed E-state index contributed by atoms with van der Waals surface area (Å²) in [4.78, 5) is 4.55. The summed E-state index contributed by atoms with van der Waals surface area (Å²) < 4.78 is 44.9. The molecule has 0 spiro atoms. The van der Waals surface area contributed by atoms with Crippen LogP contribution in [0.1, 0.15) is 25.8 Å². The normalized spacial score (nSPS) is 12.9. The van der Waals surface area contributed by atoms with Crippen LogP contribution in [0.5, 0.6) is 5.75 Å². The Balaban J connectivity index is 2.04. The number of rotatable bonds is 10. The minimum Gasteiger partial charge on any atom is -0.489 e. The fraction of sp³-hybridized carbons (Fsp3) is 0.381. The standard InChI is InChI=1S/C21H29FN4O3S/c1-4-18(29-19-11-8-10-17(22)13-19)15-25-21(23-5-2)24-14-16-9-6-7-12-20(16)26-30(3,27)28/h6-13,18,26H,4-5,14-15H2,1-3H3,(H2,23,24,25). The smallest absolute Gasteiger partial charge is 0.229 e. The number of nitrogens with one attached hydrogen (secondary N) is 3. The zero-order chi connectivity index (χ0) is 22.0. The van der Waals surface area contributed by atoms with E-state index in [0.29, 0.717) is 30.5 Å². The molecule has 0 bridgehead atoms. The molecule has 2 rings (SSSR count). The number of anilines is 1. The van der Waals surface area contributed by atoms with Gasteiger partial charge in [-0.15, -0.1) is 0 Å². The number of nitrogens with zero attached hydrogens (tertiary/aromatic N) is 1. The van der Waals surface area contributed by atoms with Gasteiger partial charge in [-0.05, 0) is 37.1 Å². The number of aliphatic imine (C=N–C) groups is 1. The second kappa shape index (κ2) is 11.4. The van der Waals surface area contributed by atoms with E-state index in [4.69, 9.17) is 4.74 Å². The minimum absolute atomic E-state index is 0.171. The van der Waals surface area contributed by atoms with Crippen LogP contribution in [0.3, 0.4) is 0 Å². The van der Waals surface area contributed by atoms with E-state index in [1.54, 1.807) is 24.3 Å². The van der Waals surface area contributed by atoms with Crippen molar-refractivity contribution in [3.8, 4) is 5.75 Å². The van der Waals surface area contributed by atoms with Crippen molar-refractivity contribution in [1.29, 1.82) is 0 Å². The molecule has 2 aromatic carbocycles. The fourth-order valence-electron chi connectivity index (χ4n) is 2.68. The summed E-state index contributed by atoms with van der Waals surface area (Å²) in [6, 6.07) is 13.2. The summed E-state index contributed by atoms with van der Waals surface area (Å²) in [7, 11) is -3.38. The molecule has 0 aliphatic carbocycles. The van der Waals surface area contributed by atoms with Crippen molar-refractivity contribution in [2.45, 2.75) is 32.9 Å². The minimum atomic E-state index is -3.38. The first kappa shape index (κ1) is 23.5. The van der Waals surface area contributed by atoms with E-state index in [9.17, 15) is 12.8 Å². The summed E-state index contributed by atoms with van der Waals surface area (Å²) in [5.74, 6) is 0.714. The monoisotopic (exact) mass is 436 g/mol. The molecule has 0 radical (unpaired) electrons. The Hall–Kier alpha value is -2.81. The molecular weight excluding hydrogens is 407 g/mol. The van der Waals surface area contributed by atoms with Crippen LogP contribution < -0.4 is 20.1 Å². The van der Waals surface area contributed by atoms with Gasteiger partial charge in [0.25, 0.3) is 0 Å². The molecule has 9 heteroatoms. The maximum Gasteiger partial charge on any atom is 0.229 e. The van der Waals surface area contributed by atoms with Gasteiger partial charge in [-0.2, -0.15) is 0 Å². The van der Waals surface area contributed by atoms with Crippen molar-refractivity contribution in [2.24, 2.45) is 4.99 Å². The average molecular weight is 437 g/mol. The van der Waals surface area contributed by atoms with E-state index in [1.165, 1.54) is 12.1 Å². The van der Waals surface area contributed by atoms with Crippen LogP contribution in [0.2, 0.25) is 0 Å². The number of sulfonamides is 1. The molecule has 0 aromatic heterocycles. The molecule has 2 aromatic rings. The first-order valence-corrected chi connectivity index (χ1v) is 11.7. The Morgan fingerprint density at radius 1 is 1.13 bits per heavy atom. The van der Waals surface area contributed by atoms with Crippen molar-refractivity contribution >= 4 is 21.7 Å². The van der Waals surface area contributed by atoms with E-state index < -0.39 is 10.0 Å². The van der Waals surface area contributed by atoms with Crippen molar-refractivity contribution in [3.05, 3.63) is 59.9 Å². The Labute approximate surface area is 177 Å². The SMILES string of the molecule is CCNC(=NCc1ccccc1NS(C)(=O)=O)NCC(CC)Oc1cccc(F)c1. The van der Waals surface area contributed by atoms with Crippen LogP contribution in [0, 0.1) is 5.82 Å². The van der Waals surface area contributed by atoms with Crippen LogP contribution in [0.25, 0.3) is 0 Å². The van der Waals surface area contributed by atoms with Crippen LogP contribution >= 0.6 is 0 Å². The number of hydrogen-bond acceptors (Lipinski definition) is 4. The van der Waals surface area contributed by atoms with Gasteiger partial charge in [0.15, 0.2) is 5.96 Å². The van der Waals surface area contributed by atoms with Crippen LogP contribution in [-0.2, 0) is 16.6 Å². The summed E-state index contributed by atoms with van der Waals surface area (Å²) in [6.07, 6.45) is 1.67. The second-order valence-corrected chi connectivity index (χ2v) is 8.46. The molecule has 0 aliphatic heterocycles. The Bertz CT molecular complexity index is 951. The zero-order valence-corrected chi connectivity index (χ0v) is 18.3. The largest absolute Gasteiger partial charge is 0.489 e. The number of halogens is 1. The van der Waals surface area contributed by atoms with Gasteiger partial charge in [0, 0.05) is 12.6 Å². The highest BCUT2D eigenvalue weighted by Gasteiger charge is 2.11. The van der Waals surface area contributed by atoms with Crippen molar-refractivity contribution in [1.82, 2.24) is 10.6 Å². The molecule has 0 fully saturated rings. The predicted octanol–water partition coefficient (Wildman–Crippen LogP) is 3.11. The lowest BCUT2D eigenvalue weighted by Gasteiger charge is -2.20. The first-order chi connectivity index (χ1) is 14.3. The molecule has 3 N–H and O–H groups in total. The maximum absolute atomic E-state index is 13.4. The zero-order valence-electron chi connectivity index (χ0n) is 17.5. The van der Waals surface area contributed by atoms with Gasteiger partial charge < -0.3 is 15.4 Å². The summed E-state index contributed by atoms with van der Waals surface area (Å²) in [5.41, 5.74) is 1.25. The average Bonchev–Trinajstić information content (AvgIpc) is 2.69. The first-order valence-electron chi connectivity index (χ1n) is 9.80. The third-order valence-electron chi connectivity index (χ3n) is 4.12. The van der Waals surface area contributed by atoms with Gasteiger partial charge in [0.05, 0.1) is 25.0 Å². The Kier molecular flexibility index (Phi) is 8.91. The van der Waals surface area contributed by atoms with Crippen molar-refractivity contribution in [3.63, 3.8) is 0 Å². The van der Waals surface area contributed by atoms with Gasteiger partial charge >= 0.3 is 0 Å². The maximum atomic E-state index is 13.4. The van der Waals surface area contributed by atoms with Crippen molar-refractivity contribution in [2.75, 3.05) is 24.1 Å². The fourth-order valence-corrected chi connectivity index (χ4v) is 3.27. The number of hydrogen-bond donors (Lipinski definition) is 3. The van der Waals surface area contributed by atoms with Crippen LogP contribution in [0.15, 0.2) is 53.5 Å². The van der Waals surface area contributed by atoms with Crippen molar-refractivity contribution < 1.29 is 17.5 Å². The third kappa shape index (κ3) is 8.28. The number of para-hydroxylation sites is 1. The molecule has 0 amide bonds. The predicted molar refractivity (Wildman–Crippen MR) is 119 cm³/mol. The third-order valence-corrected chi connectivity index (χ3v) is 4.71. The summed E-state index contributed by atoms with van der Waals surface area (Å²) >= 11 is 0. The molecule has 1 atom stereocenters. The summed E-state index contributed by atoms with van der Waals surface area (Å²) in [6.45, 7) is 5.37. The quantitative estimate of drug-likeness (QED) is 0.393. The van der Waals surface area contributed by atoms with E-state index in [-0.39, 0.29) is 18.5 Å². The molecule has 1 unspecified atom stereocenters. The van der Waals surface area contributed by atoms with Gasteiger partial charge in [-0.25, -0.2) is 17.8 Å². The topological polar surface area (TPSA) is 91.8 Å². The highest BCUT2D eigenvalue weighted by atomic mass is 32.2. The Morgan fingerprint density at radius 3 is 2.57 bits per heavy atom. The van der Waals surface area contributed by atoms with E-state index in [0.717, 1.165) is 18.2 Å². The van der Waals surface area contributed by atoms with E-state index in [1.807, 2.05) is 26.0 Å². The summed E-state index contributed by atoms with van der Waals surface area (Å²) in [5, 5.41) is 6.38. The van der Waals surface area contributed by atoms with E-state index in [2.05, 4.69) is 20.3 Å². The van der Waals surface area contributed by atoms with E-state index >= 15 is 0 Å². The van der Waals surface area contributed by atoms with Gasteiger partial charge in [0.1, 0.15) is 17.7 Å². The van der Waals surface area contributed by atoms with Crippen LogP contribution in [0.4, 0.5) is 10.1 Å². The highest BCUT2D eigenvalue weighted by Crippen LogP contribution is 2.17. The van der Waals surface area contributed by atoms with Gasteiger partial charge in [-0.1, -0.05) is 31.2 Å². The number of ether oxygens (including phenoxy) is 1. The lowest BCUT2D eigenvalue weighted by molar-refractivity contribution is 0.198. The lowest BCUT2D eigenvalue weighted by Crippen LogP contribution is -2.42. The lowest BCUT2D eigenvalue weighted by atomic mass is 10.2. The molecule has 7 nitrogen and oxygen atoms in total. The molecule has 0 heterocycles. The molecular formula is C21H29FN4O3S. The number of benzene rings is 2. The van der Waals surface area contributed by atoms with Crippen LogP contribution in [-0.4, -0.2) is 39.8 Å². The van der Waals surface area contributed by atoms with Gasteiger partial charge in [0.2, 0.25) is 10.0 Å². The second-order valence-electron chi connectivity index (χ2n) is 6.71. The molecule has 164 valence electrons.